The molecule has 0 aliphatic heterocycles. The van der Waals surface area contributed by atoms with Crippen LogP contribution in [-0.2, 0) is 4.79 Å². The Morgan fingerprint density at radius 3 is 2.71 bits per heavy atom. The van der Waals surface area contributed by atoms with Crippen LogP contribution in [0.25, 0.3) is 0 Å². The molecule has 0 aliphatic rings. The predicted molar refractivity (Wildman–Crippen MR) is 90.2 cm³/mol. The zero-order chi connectivity index (χ0) is 16.1. The molecule has 0 aliphatic carbocycles. The maximum absolute atomic E-state index is 10.8. The molecule has 0 radical (unpaired) electrons. The van der Waals surface area contributed by atoms with E-state index < -0.39 is 5.97 Å². The van der Waals surface area contributed by atoms with Gasteiger partial charge in [0.1, 0.15) is 0 Å². The number of halogens is 1. The molecule has 0 aromatic rings. The number of hydrogen-bond acceptors (Lipinski definition) is 2. The molecule has 2 N–H and O–H groups in total. The summed E-state index contributed by atoms with van der Waals surface area (Å²) in [6.45, 7) is 10.1. The Kier molecular flexibility index (Phi) is 11.0. The molecule has 0 amide bonds. The van der Waals surface area contributed by atoms with Crippen molar-refractivity contribution in [3.05, 3.63) is 60.3 Å². The fourth-order valence-electron chi connectivity index (χ4n) is 1.61. The van der Waals surface area contributed by atoms with Crippen molar-refractivity contribution in [2.24, 2.45) is 5.92 Å². The largest absolute Gasteiger partial charge is 0.481 e. The summed E-state index contributed by atoms with van der Waals surface area (Å²) in [7, 11) is 0. The average molecular weight is 310 g/mol. The van der Waals surface area contributed by atoms with Gasteiger partial charge in [-0.15, -0.1) is 6.58 Å². The summed E-state index contributed by atoms with van der Waals surface area (Å²) in [5.74, 6) is -1.00. The molecular weight excluding hydrogens is 286 g/mol. The lowest BCUT2D eigenvalue weighted by atomic mass is 9.98. The number of aliphatic carboxylic acids is 1. The van der Waals surface area contributed by atoms with Gasteiger partial charge in [0.05, 0.1) is 6.42 Å². The Bertz CT molecular complexity index is 436. The molecule has 0 saturated carbocycles. The number of hydrogen-bond donors (Lipinski definition) is 2. The Hall–Kier alpha value is -1.74. The highest BCUT2D eigenvalue weighted by Crippen LogP contribution is 2.16. The molecule has 0 aromatic heterocycles. The van der Waals surface area contributed by atoms with Crippen molar-refractivity contribution in [3.63, 3.8) is 0 Å². The van der Waals surface area contributed by atoms with Crippen LogP contribution in [0.4, 0.5) is 0 Å². The Balaban J connectivity index is 4.31. The second kappa shape index (κ2) is 12.0. The van der Waals surface area contributed by atoms with Crippen molar-refractivity contribution in [2.75, 3.05) is 6.54 Å². The summed E-state index contributed by atoms with van der Waals surface area (Å²) in [4.78, 5) is 10.8. The fourth-order valence-corrected chi connectivity index (χ4v) is 1.76. The van der Waals surface area contributed by atoms with E-state index in [-0.39, 0.29) is 12.3 Å². The quantitative estimate of drug-likeness (QED) is 0.439. The third-order valence-corrected chi connectivity index (χ3v) is 3.01. The van der Waals surface area contributed by atoms with Crippen LogP contribution in [0, 0.1) is 5.92 Å². The van der Waals surface area contributed by atoms with E-state index in [0.29, 0.717) is 23.7 Å². The lowest BCUT2D eigenvalue weighted by Gasteiger charge is -2.17. The normalized spacial score (nSPS) is 13.5. The highest BCUT2D eigenvalue weighted by atomic mass is 35.5. The summed E-state index contributed by atoms with van der Waals surface area (Å²) in [6, 6.07) is 0. The summed E-state index contributed by atoms with van der Waals surface area (Å²) in [5.41, 5.74) is 0.688. The predicted octanol–water partition coefficient (Wildman–Crippen LogP) is 4.40. The van der Waals surface area contributed by atoms with Gasteiger partial charge in [0.25, 0.3) is 0 Å². The van der Waals surface area contributed by atoms with Crippen molar-refractivity contribution >= 4 is 17.6 Å². The molecule has 0 heterocycles. The zero-order valence-electron chi connectivity index (χ0n) is 12.5. The minimum Gasteiger partial charge on any atom is -0.481 e. The van der Waals surface area contributed by atoms with E-state index in [1.165, 1.54) is 0 Å². The fraction of sp³-hybridized carbons (Fsp3) is 0.353. The minimum absolute atomic E-state index is 0.0387. The molecule has 0 aromatic carbocycles. The first-order chi connectivity index (χ1) is 10.0. The van der Waals surface area contributed by atoms with E-state index >= 15 is 0 Å². The Labute approximate surface area is 132 Å². The molecule has 0 bridgehead atoms. The summed E-state index contributed by atoms with van der Waals surface area (Å²) >= 11 is 6.03. The summed E-state index contributed by atoms with van der Waals surface area (Å²) < 4.78 is 0. The van der Waals surface area contributed by atoms with Gasteiger partial charge in [-0.25, -0.2) is 0 Å². The van der Waals surface area contributed by atoms with Gasteiger partial charge >= 0.3 is 5.97 Å². The van der Waals surface area contributed by atoms with E-state index in [4.69, 9.17) is 16.7 Å². The molecule has 21 heavy (non-hydrogen) atoms. The summed E-state index contributed by atoms with van der Waals surface area (Å²) in [5, 5.41) is 12.6. The van der Waals surface area contributed by atoms with Crippen molar-refractivity contribution in [3.8, 4) is 0 Å². The number of rotatable bonds is 11. The number of carboxylic acids is 1. The highest BCUT2D eigenvalue weighted by molar-refractivity contribution is 6.31. The van der Waals surface area contributed by atoms with Crippen LogP contribution in [0.5, 0.6) is 0 Å². The van der Waals surface area contributed by atoms with Crippen LogP contribution < -0.4 is 5.32 Å². The monoisotopic (exact) mass is 309 g/mol. The van der Waals surface area contributed by atoms with Gasteiger partial charge in [-0.3, -0.25) is 4.79 Å². The maximum Gasteiger partial charge on any atom is 0.304 e. The molecule has 1 unspecified atom stereocenters. The van der Waals surface area contributed by atoms with Gasteiger partial charge in [-0.1, -0.05) is 49.4 Å². The topological polar surface area (TPSA) is 49.3 Å². The van der Waals surface area contributed by atoms with Crippen LogP contribution in [0.1, 0.15) is 26.2 Å². The number of nitrogens with one attached hydrogen (secondary N) is 1. The third kappa shape index (κ3) is 10.7. The molecule has 4 heteroatoms. The van der Waals surface area contributed by atoms with Gasteiger partial charge in [0, 0.05) is 23.2 Å². The van der Waals surface area contributed by atoms with Gasteiger partial charge < -0.3 is 10.4 Å². The minimum atomic E-state index is -0.844. The molecule has 116 valence electrons. The Morgan fingerprint density at radius 2 is 2.14 bits per heavy atom. The van der Waals surface area contributed by atoms with Crippen molar-refractivity contribution in [1.82, 2.24) is 5.32 Å². The number of carbonyl (C=O) groups is 1. The average Bonchev–Trinajstić information content (AvgIpc) is 2.42. The van der Waals surface area contributed by atoms with Crippen molar-refractivity contribution in [2.45, 2.75) is 26.2 Å². The summed E-state index contributed by atoms with van der Waals surface area (Å²) in [6.07, 6.45) is 12.8. The van der Waals surface area contributed by atoms with E-state index in [1.807, 2.05) is 24.3 Å². The molecular formula is C17H24ClNO2. The standard InChI is InChI=1S/C17H24ClNO2/c1-4-6-7-8-10-16(18)11-12-19-14(3)15(9-5-2)13-17(20)21/h5-8,10-11,15,19H,2-4,9,12-13H2,1H3,(H,20,21)/b7-6+,10-8-,16-11-. The van der Waals surface area contributed by atoms with Gasteiger partial charge in [0.15, 0.2) is 0 Å². The molecule has 3 nitrogen and oxygen atoms in total. The van der Waals surface area contributed by atoms with Gasteiger partial charge in [-0.2, -0.15) is 0 Å². The zero-order valence-corrected chi connectivity index (χ0v) is 13.3. The molecule has 1 atom stereocenters. The van der Waals surface area contributed by atoms with E-state index in [2.05, 4.69) is 25.4 Å². The molecule has 0 fully saturated rings. The first kappa shape index (κ1) is 19.3. The van der Waals surface area contributed by atoms with Crippen molar-refractivity contribution < 1.29 is 9.90 Å². The third-order valence-electron chi connectivity index (χ3n) is 2.73. The first-order valence-electron chi connectivity index (χ1n) is 6.95. The van der Waals surface area contributed by atoms with Crippen LogP contribution in [0.2, 0.25) is 0 Å². The first-order valence-corrected chi connectivity index (χ1v) is 7.33. The second-order valence-electron chi connectivity index (χ2n) is 4.51. The highest BCUT2D eigenvalue weighted by Gasteiger charge is 2.14. The van der Waals surface area contributed by atoms with E-state index in [0.717, 1.165) is 6.42 Å². The smallest absolute Gasteiger partial charge is 0.304 e. The van der Waals surface area contributed by atoms with Gasteiger partial charge in [0.2, 0.25) is 0 Å². The van der Waals surface area contributed by atoms with Crippen LogP contribution in [0.3, 0.4) is 0 Å². The Morgan fingerprint density at radius 1 is 1.43 bits per heavy atom. The van der Waals surface area contributed by atoms with Crippen LogP contribution >= 0.6 is 11.6 Å². The SMILES string of the molecule is C=CCC(CC(=O)O)C(=C)NC/C=C(Cl)/C=C\C=C\CC. The van der Waals surface area contributed by atoms with Crippen LogP contribution in [0.15, 0.2) is 60.3 Å². The van der Waals surface area contributed by atoms with Gasteiger partial charge in [-0.05, 0) is 25.0 Å². The number of allylic oxidation sites excluding steroid dienone is 7. The maximum atomic E-state index is 10.8. The molecule has 0 saturated heterocycles. The lowest BCUT2D eigenvalue weighted by Crippen LogP contribution is -2.21. The van der Waals surface area contributed by atoms with Crippen molar-refractivity contribution in [1.29, 1.82) is 0 Å². The van der Waals surface area contributed by atoms with E-state index in [9.17, 15) is 4.79 Å². The molecule has 0 spiro atoms. The number of carboxylic acid groups (broad SMARTS) is 1. The lowest BCUT2D eigenvalue weighted by molar-refractivity contribution is -0.137. The molecule has 0 rings (SSSR count). The van der Waals surface area contributed by atoms with Crippen LogP contribution in [-0.4, -0.2) is 17.6 Å². The second-order valence-corrected chi connectivity index (χ2v) is 4.95. The van der Waals surface area contributed by atoms with E-state index in [1.54, 1.807) is 12.2 Å².